The highest BCUT2D eigenvalue weighted by atomic mass is 16.6. The molecule has 0 spiro atoms. The van der Waals surface area contributed by atoms with Gasteiger partial charge in [-0.25, -0.2) is 4.79 Å². The summed E-state index contributed by atoms with van der Waals surface area (Å²) in [5, 5.41) is 15.1. The van der Waals surface area contributed by atoms with Crippen LogP contribution < -0.4 is 5.76 Å². The van der Waals surface area contributed by atoms with Crippen molar-refractivity contribution in [1.29, 1.82) is 0 Å². The van der Waals surface area contributed by atoms with Crippen LogP contribution in [0.2, 0.25) is 0 Å². The number of oxazole rings is 1. The summed E-state index contributed by atoms with van der Waals surface area (Å²) in [6.07, 6.45) is 3.23. The number of likely N-dealkylation sites (tertiary alicyclic amines) is 1. The first kappa shape index (κ1) is 22.5. The first-order valence-corrected chi connectivity index (χ1v) is 11.5. The lowest BCUT2D eigenvalue weighted by Crippen LogP contribution is -2.38. The summed E-state index contributed by atoms with van der Waals surface area (Å²) in [6.45, 7) is 0.859. The van der Waals surface area contributed by atoms with Gasteiger partial charge in [0, 0.05) is 31.1 Å². The van der Waals surface area contributed by atoms with Gasteiger partial charge in [-0.05, 0) is 31.7 Å². The Labute approximate surface area is 199 Å². The van der Waals surface area contributed by atoms with Crippen LogP contribution in [-0.2, 0) is 11.3 Å². The number of non-ortho nitro benzene ring substituents is 1. The van der Waals surface area contributed by atoms with Gasteiger partial charge in [0.1, 0.15) is 6.04 Å². The van der Waals surface area contributed by atoms with Crippen LogP contribution in [0.3, 0.4) is 0 Å². The number of carbonyl (C=O) groups is 1. The maximum absolute atomic E-state index is 13.1. The van der Waals surface area contributed by atoms with Crippen molar-refractivity contribution in [2.45, 2.75) is 44.7 Å². The van der Waals surface area contributed by atoms with E-state index in [-0.39, 0.29) is 36.2 Å². The van der Waals surface area contributed by atoms with E-state index in [2.05, 4.69) is 10.1 Å². The van der Waals surface area contributed by atoms with Crippen molar-refractivity contribution in [2.24, 2.45) is 0 Å². The third kappa shape index (κ3) is 4.57. The number of nitrogens with zero attached hydrogens (tertiary/aromatic N) is 5. The SMILES string of the molecule is O=C(CCCn1c(=O)oc2cc([N+](=O)[O-])ccc21)N1CCCC[C@@H]1c1nc(-c2ccccc2)no1. The van der Waals surface area contributed by atoms with Crippen LogP contribution in [0.25, 0.3) is 22.5 Å². The van der Waals surface area contributed by atoms with E-state index in [9.17, 15) is 19.7 Å². The van der Waals surface area contributed by atoms with Crippen LogP contribution in [0.4, 0.5) is 5.69 Å². The van der Waals surface area contributed by atoms with Crippen molar-refractivity contribution in [2.75, 3.05) is 6.54 Å². The van der Waals surface area contributed by atoms with Crippen molar-refractivity contribution >= 4 is 22.7 Å². The summed E-state index contributed by atoms with van der Waals surface area (Å²) in [7, 11) is 0. The normalized spacial score (nSPS) is 16.0. The number of fused-ring (bicyclic) bond motifs is 1. The Morgan fingerprint density at radius 2 is 2.00 bits per heavy atom. The fourth-order valence-corrected chi connectivity index (χ4v) is 4.47. The molecule has 1 fully saturated rings. The highest BCUT2D eigenvalue weighted by Crippen LogP contribution is 2.32. The van der Waals surface area contributed by atoms with Gasteiger partial charge in [-0.1, -0.05) is 35.5 Å². The fourth-order valence-electron chi connectivity index (χ4n) is 4.47. The summed E-state index contributed by atoms with van der Waals surface area (Å²) in [5.74, 6) is 0.259. The van der Waals surface area contributed by atoms with Crippen molar-refractivity contribution in [3.63, 3.8) is 0 Å². The minimum absolute atomic E-state index is 0.0503. The highest BCUT2D eigenvalue weighted by molar-refractivity contribution is 5.77. The first-order chi connectivity index (χ1) is 17.0. The van der Waals surface area contributed by atoms with Gasteiger partial charge in [-0.2, -0.15) is 4.98 Å². The predicted molar refractivity (Wildman–Crippen MR) is 124 cm³/mol. The molecule has 180 valence electrons. The molecular formula is C24H23N5O6. The lowest BCUT2D eigenvalue weighted by molar-refractivity contribution is -0.384. The monoisotopic (exact) mass is 477 g/mol. The minimum Gasteiger partial charge on any atom is -0.407 e. The zero-order valence-electron chi connectivity index (χ0n) is 18.8. The van der Waals surface area contributed by atoms with Crippen LogP contribution in [0, 0.1) is 10.1 Å². The van der Waals surface area contributed by atoms with E-state index in [0.29, 0.717) is 30.2 Å². The van der Waals surface area contributed by atoms with E-state index in [1.165, 1.54) is 22.8 Å². The van der Waals surface area contributed by atoms with Gasteiger partial charge >= 0.3 is 5.76 Å². The number of aryl methyl sites for hydroxylation is 1. The topological polar surface area (TPSA) is 138 Å². The van der Waals surface area contributed by atoms with E-state index in [0.717, 1.165) is 24.8 Å². The van der Waals surface area contributed by atoms with E-state index in [1.54, 1.807) is 4.90 Å². The summed E-state index contributed by atoms with van der Waals surface area (Å²) in [5.41, 5.74) is 1.31. The predicted octanol–water partition coefficient (Wildman–Crippen LogP) is 4.09. The van der Waals surface area contributed by atoms with Crippen LogP contribution in [0.15, 0.2) is 62.3 Å². The molecule has 0 bridgehead atoms. The van der Waals surface area contributed by atoms with Gasteiger partial charge in [0.2, 0.25) is 17.6 Å². The van der Waals surface area contributed by atoms with E-state index in [1.807, 2.05) is 30.3 Å². The second kappa shape index (κ2) is 9.53. The summed E-state index contributed by atoms with van der Waals surface area (Å²) < 4.78 is 12.1. The molecule has 4 aromatic rings. The molecule has 0 aliphatic carbocycles. The van der Waals surface area contributed by atoms with E-state index in [4.69, 9.17) is 8.94 Å². The van der Waals surface area contributed by atoms with Gasteiger partial charge in [-0.15, -0.1) is 0 Å². The number of hydrogen-bond donors (Lipinski definition) is 0. The fraction of sp³-hybridized carbons (Fsp3) is 0.333. The highest BCUT2D eigenvalue weighted by Gasteiger charge is 2.32. The molecule has 0 unspecified atom stereocenters. The zero-order chi connectivity index (χ0) is 24.4. The van der Waals surface area contributed by atoms with E-state index < -0.39 is 10.7 Å². The maximum atomic E-state index is 13.1. The van der Waals surface area contributed by atoms with Gasteiger partial charge in [0.25, 0.3) is 5.69 Å². The number of piperidine rings is 1. The number of benzene rings is 2. The number of nitro groups is 1. The van der Waals surface area contributed by atoms with Crippen molar-refractivity contribution < 1.29 is 18.7 Å². The Kier molecular flexibility index (Phi) is 6.13. The molecule has 3 heterocycles. The first-order valence-electron chi connectivity index (χ1n) is 11.5. The molecule has 1 amide bonds. The lowest BCUT2D eigenvalue weighted by atomic mass is 10.0. The number of amides is 1. The molecule has 35 heavy (non-hydrogen) atoms. The average molecular weight is 477 g/mol. The smallest absolute Gasteiger partial charge is 0.407 e. The molecule has 11 heteroatoms. The van der Waals surface area contributed by atoms with Gasteiger partial charge in [-0.3, -0.25) is 19.5 Å². The average Bonchev–Trinajstić information content (AvgIpc) is 3.49. The Morgan fingerprint density at radius 1 is 1.17 bits per heavy atom. The molecule has 1 saturated heterocycles. The second-order valence-corrected chi connectivity index (χ2v) is 8.45. The summed E-state index contributed by atoms with van der Waals surface area (Å²) in [6, 6.07) is 13.3. The Morgan fingerprint density at radius 3 is 2.80 bits per heavy atom. The van der Waals surface area contributed by atoms with Crippen LogP contribution in [0.5, 0.6) is 0 Å². The van der Waals surface area contributed by atoms with Crippen LogP contribution in [0.1, 0.15) is 44.0 Å². The Hall–Kier alpha value is -4.28. The van der Waals surface area contributed by atoms with Gasteiger partial charge in [0.15, 0.2) is 5.58 Å². The van der Waals surface area contributed by atoms with Gasteiger partial charge in [0.05, 0.1) is 16.5 Å². The number of nitro benzene ring substituents is 1. The van der Waals surface area contributed by atoms with Crippen LogP contribution in [-0.4, -0.2) is 37.0 Å². The van der Waals surface area contributed by atoms with E-state index >= 15 is 0 Å². The number of rotatable bonds is 7. The quantitative estimate of drug-likeness (QED) is 0.287. The molecule has 0 radical (unpaired) electrons. The minimum atomic E-state index is -0.608. The Bertz CT molecular complexity index is 1420. The molecule has 5 rings (SSSR count). The largest absolute Gasteiger partial charge is 0.419 e. The molecular weight excluding hydrogens is 454 g/mol. The molecule has 1 aliphatic heterocycles. The molecule has 1 atom stereocenters. The summed E-state index contributed by atoms with van der Waals surface area (Å²) >= 11 is 0. The second-order valence-electron chi connectivity index (χ2n) is 8.45. The lowest BCUT2D eigenvalue weighted by Gasteiger charge is -2.33. The van der Waals surface area contributed by atoms with Gasteiger partial charge < -0.3 is 13.8 Å². The zero-order valence-corrected chi connectivity index (χ0v) is 18.8. The van der Waals surface area contributed by atoms with Crippen molar-refractivity contribution in [1.82, 2.24) is 19.6 Å². The molecule has 0 N–H and O–H groups in total. The standard InChI is InChI=1S/C24H23N5O6/c30-21(10-6-14-28-18-12-11-17(29(32)33)15-20(18)34-24(28)31)27-13-5-4-9-19(27)23-25-22(26-35-23)16-7-2-1-3-8-16/h1-3,7-8,11-12,15,19H,4-6,9-10,13-14H2/t19-/m1/s1. The third-order valence-corrected chi connectivity index (χ3v) is 6.22. The van der Waals surface area contributed by atoms with Crippen molar-refractivity contribution in [3.05, 3.63) is 75.1 Å². The molecule has 2 aromatic carbocycles. The number of hydrogen-bond acceptors (Lipinski definition) is 8. The van der Waals surface area contributed by atoms with Crippen LogP contribution >= 0.6 is 0 Å². The molecule has 1 aliphatic rings. The maximum Gasteiger partial charge on any atom is 0.419 e. The summed E-state index contributed by atoms with van der Waals surface area (Å²) in [4.78, 5) is 42.1. The number of aromatic nitrogens is 3. The molecule has 0 saturated carbocycles. The van der Waals surface area contributed by atoms with Crippen molar-refractivity contribution in [3.8, 4) is 11.4 Å². The molecule has 2 aromatic heterocycles. The Balaban J connectivity index is 1.26. The third-order valence-electron chi connectivity index (χ3n) is 6.22. The molecule has 11 nitrogen and oxygen atoms in total. The number of carbonyl (C=O) groups excluding carboxylic acids is 1.